The van der Waals surface area contributed by atoms with Crippen molar-refractivity contribution in [2.45, 2.75) is 20.0 Å². The number of carbonyl (C=O) groups excluding carboxylic acids is 1. The molecule has 6 nitrogen and oxygen atoms in total. The summed E-state index contributed by atoms with van der Waals surface area (Å²) in [6, 6.07) is 6.44. The molecule has 3 aromatic rings. The Morgan fingerprint density at radius 2 is 2.23 bits per heavy atom. The molecule has 0 saturated heterocycles. The second kappa shape index (κ2) is 5.55. The van der Waals surface area contributed by atoms with Gasteiger partial charge in [-0.15, -0.1) is 0 Å². The third kappa shape index (κ3) is 2.43. The Labute approximate surface area is 124 Å². The Bertz CT molecular complexity index is 824. The van der Waals surface area contributed by atoms with E-state index in [4.69, 9.17) is 0 Å². The van der Waals surface area contributed by atoms with E-state index in [2.05, 4.69) is 20.5 Å². The van der Waals surface area contributed by atoms with Gasteiger partial charge in [0, 0.05) is 17.3 Å². The summed E-state index contributed by atoms with van der Waals surface area (Å²) in [5, 5.41) is 10.2. The first kappa shape index (κ1) is 14.2. The molecule has 0 bridgehead atoms. The molecule has 0 atom stereocenters. The van der Waals surface area contributed by atoms with Crippen LogP contribution in [0.4, 0.5) is 8.78 Å². The highest BCUT2D eigenvalue weighted by Gasteiger charge is 2.19. The van der Waals surface area contributed by atoms with E-state index < -0.39 is 12.5 Å². The van der Waals surface area contributed by atoms with Gasteiger partial charge in [0.2, 0.25) is 0 Å². The molecule has 0 aliphatic carbocycles. The van der Waals surface area contributed by atoms with Gasteiger partial charge in [-0.3, -0.25) is 14.5 Å². The number of halogens is 2. The van der Waals surface area contributed by atoms with Crippen molar-refractivity contribution in [3.8, 4) is 0 Å². The molecule has 0 fully saturated rings. The fraction of sp³-hybridized carbons (Fsp3) is 0.214. The second-order valence-corrected chi connectivity index (χ2v) is 4.77. The molecule has 0 spiro atoms. The number of aryl methyl sites for hydroxylation is 1. The first-order chi connectivity index (χ1) is 10.6. The van der Waals surface area contributed by atoms with Crippen molar-refractivity contribution in [2.24, 2.45) is 0 Å². The van der Waals surface area contributed by atoms with Crippen molar-refractivity contribution >= 4 is 16.9 Å². The fourth-order valence-corrected chi connectivity index (χ4v) is 2.29. The topological polar surface area (TPSA) is 75.6 Å². The molecular weight excluding hydrogens is 292 g/mol. The Morgan fingerprint density at radius 3 is 3.00 bits per heavy atom. The van der Waals surface area contributed by atoms with E-state index in [1.807, 2.05) is 6.07 Å². The predicted molar refractivity (Wildman–Crippen MR) is 75.5 cm³/mol. The van der Waals surface area contributed by atoms with Crippen LogP contribution in [-0.2, 0) is 6.54 Å². The quantitative estimate of drug-likeness (QED) is 0.777. The summed E-state index contributed by atoms with van der Waals surface area (Å²) in [5.74, 6) is -0.569. The number of alkyl halides is 2. The van der Waals surface area contributed by atoms with Crippen LogP contribution in [0.1, 0.15) is 28.4 Å². The SMILES string of the molecule is Cc1ccc(C(=O)NCc2[nH]nc3ncccc23)n1C(F)F. The number of aromatic nitrogens is 4. The molecule has 0 unspecified atom stereocenters. The first-order valence-corrected chi connectivity index (χ1v) is 6.60. The molecule has 114 valence electrons. The number of fused-ring (bicyclic) bond motifs is 1. The summed E-state index contributed by atoms with van der Waals surface area (Å²) in [4.78, 5) is 16.2. The van der Waals surface area contributed by atoms with Crippen molar-refractivity contribution in [1.82, 2.24) is 25.1 Å². The third-order valence-corrected chi connectivity index (χ3v) is 3.38. The van der Waals surface area contributed by atoms with E-state index in [0.717, 1.165) is 5.39 Å². The maximum Gasteiger partial charge on any atom is 0.319 e. The Balaban J connectivity index is 1.78. The van der Waals surface area contributed by atoms with Gasteiger partial charge in [-0.25, -0.2) is 4.98 Å². The van der Waals surface area contributed by atoms with E-state index in [9.17, 15) is 13.6 Å². The average Bonchev–Trinajstić information content (AvgIpc) is 3.08. The first-order valence-electron chi connectivity index (χ1n) is 6.60. The number of amides is 1. The predicted octanol–water partition coefficient (Wildman–Crippen LogP) is 2.39. The van der Waals surface area contributed by atoms with E-state index in [1.54, 1.807) is 12.3 Å². The summed E-state index contributed by atoms with van der Waals surface area (Å²) in [5.41, 5.74) is 1.47. The summed E-state index contributed by atoms with van der Waals surface area (Å²) in [6.45, 7) is -1.08. The van der Waals surface area contributed by atoms with Crippen LogP contribution in [0, 0.1) is 6.92 Å². The van der Waals surface area contributed by atoms with Crippen LogP contribution in [0.15, 0.2) is 30.5 Å². The molecule has 3 rings (SSSR count). The smallest absolute Gasteiger partial charge is 0.319 e. The zero-order valence-corrected chi connectivity index (χ0v) is 11.7. The minimum Gasteiger partial charge on any atom is -0.345 e. The van der Waals surface area contributed by atoms with Crippen molar-refractivity contribution < 1.29 is 13.6 Å². The number of pyridine rings is 1. The minimum atomic E-state index is -2.76. The van der Waals surface area contributed by atoms with Gasteiger partial charge in [0.25, 0.3) is 5.91 Å². The lowest BCUT2D eigenvalue weighted by Crippen LogP contribution is -2.26. The molecular formula is C14H13F2N5O. The molecule has 1 amide bonds. The summed E-state index contributed by atoms with van der Waals surface area (Å²) in [7, 11) is 0. The molecule has 3 aromatic heterocycles. The highest BCUT2D eigenvalue weighted by atomic mass is 19.3. The van der Waals surface area contributed by atoms with Crippen LogP contribution in [0.3, 0.4) is 0 Å². The lowest BCUT2D eigenvalue weighted by Gasteiger charge is -2.10. The number of hydrogen-bond donors (Lipinski definition) is 2. The number of rotatable bonds is 4. The molecule has 0 aliphatic rings. The molecule has 0 aliphatic heterocycles. The summed E-state index contributed by atoms with van der Waals surface area (Å²) in [6.07, 6.45) is 1.61. The van der Waals surface area contributed by atoms with Crippen LogP contribution in [0.25, 0.3) is 11.0 Å². The Kier molecular flexibility index (Phi) is 3.58. The molecule has 0 aromatic carbocycles. The Hall–Kier alpha value is -2.77. The molecule has 8 heteroatoms. The average molecular weight is 305 g/mol. The van der Waals surface area contributed by atoms with Crippen LogP contribution >= 0.6 is 0 Å². The fourth-order valence-electron chi connectivity index (χ4n) is 2.29. The van der Waals surface area contributed by atoms with Crippen molar-refractivity contribution in [1.29, 1.82) is 0 Å². The molecule has 0 radical (unpaired) electrons. The lowest BCUT2D eigenvalue weighted by atomic mass is 10.2. The Morgan fingerprint density at radius 1 is 1.41 bits per heavy atom. The minimum absolute atomic E-state index is 0.0746. The lowest BCUT2D eigenvalue weighted by molar-refractivity contribution is 0.0617. The van der Waals surface area contributed by atoms with Crippen LogP contribution in [-0.4, -0.2) is 25.7 Å². The van der Waals surface area contributed by atoms with E-state index >= 15 is 0 Å². The summed E-state index contributed by atoms with van der Waals surface area (Å²) >= 11 is 0. The van der Waals surface area contributed by atoms with Crippen molar-refractivity contribution in [3.05, 3.63) is 47.5 Å². The van der Waals surface area contributed by atoms with E-state index in [1.165, 1.54) is 19.1 Å². The standard InChI is InChI=1S/C14H13F2N5O/c1-8-4-5-11(21(8)14(15)16)13(22)18-7-10-9-3-2-6-17-12(9)20-19-10/h2-6,14H,7H2,1H3,(H,18,22)(H,17,19,20). The molecule has 2 N–H and O–H groups in total. The summed E-state index contributed by atoms with van der Waals surface area (Å²) < 4.78 is 26.6. The van der Waals surface area contributed by atoms with Gasteiger partial charge in [0.15, 0.2) is 5.65 Å². The number of hydrogen-bond acceptors (Lipinski definition) is 3. The molecule has 0 saturated carbocycles. The zero-order chi connectivity index (χ0) is 15.7. The highest BCUT2D eigenvalue weighted by molar-refractivity contribution is 5.93. The molecule has 22 heavy (non-hydrogen) atoms. The number of aromatic amines is 1. The maximum absolute atomic E-state index is 13.0. The van der Waals surface area contributed by atoms with Gasteiger partial charge < -0.3 is 5.32 Å². The normalized spacial score (nSPS) is 11.3. The maximum atomic E-state index is 13.0. The van der Waals surface area contributed by atoms with E-state index in [-0.39, 0.29) is 12.2 Å². The van der Waals surface area contributed by atoms with Crippen LogP contribution in [0.5, 0.6) is 0 Å². The van der Waals surface area contributed by atoms with Crippen LogP contribution in [0.2, 0.25) is 0 Å². The highest BCUT2D eigenvalue weighted by Crippen LogP contribution is 2.19. The van der Waals surface area contributed by atoms with Gasteiger partial charge in [-0.2, -0.15) is 13.9 Å². The second-order valence-electron chi connectivity index (χ2n) is 4.77. The van der Waals surface area contributed by atoms with Gasteiger partial charge in [0.1, 0.15) is 5.69 Å². The van der Waals surface area contributed by atoms with Gasteiger partial charge >= 0.3 is 6.55 Å². The monoisotopic (exact) mass is 305 g/mol. The van der Waals surface area contributed by atoms with Crippen molar-refractivity contribution in [3.63, 3.8) is 0 Å². The van der Waals surface area contributed by atoms with Gasteiger partial charge in [-0.1, -0.05) is 0 Å². The number of nitrogens with zero attached hydrogens (tertiary/aromatic N) is 3. The van der Waals surface area contributed by atoms with Crippen molar-refractivity contribution in [2.75, 3.05) is 0 Å². The van der Waals surface area contributed by atoms with Crippen LogP contribution < -0.4 is 5.32 Å². The van der Waals surface area contributed by atoms with Gasteiger partial charge in [-0.05, 0) is 31.2 Å². The number of H-pyrrole nitrogens is 1. The molecule has 3 heterocycles. The third-order valence-electron chi connectivity index (χ3n) is 3.38. The number of nitrogens with one attached hydrogen (secondary N) is 2. The van der Waals surface area contributed by atoms with E-state index in [0.29, 0.717) is 21.6 Å². The largest absolute Gasteiger partial charge is 0.345 e. The number of carbonyl (C=O) groups is 1. The van der Waals surface area contributed by atoms with Gasteiger partial charge in [0.05, 0.1) is 12.2 Å². The zero-order valence-electron chi connectivity index (χ0n) is 11.7.